The summed E-state index contributed by atoms with van der Waals surface area (Å²) in [4.78, 5) is 1.47. The Morgan fingerprint density at radius 3 is 2.38 bits per heavy atom. The molecule has 0 aliphatic heterocycles. The molecule has 0 amide bonds. The third-order valence-corrected chi connectivity index (χ3v) is 4.04. The normalized spacial score (nSPS) is 13.1. The van der Waals surface area contributed by atoms with Crippen LogP contribution in [0.4, 0.5) is 0 Å². The molecule has 2 heteroatoms. The molecule has 0 aliphatic rings. The average Bonchev–Trinajstić information content (AvgIpc) is 2.64. The first-order valence-corrected chi connectivity index (χ1v) is 6.94. The van der Waals surface area contributed by atoms with Gasteiger partial charge in [-0.25, -0.2) is 0 Å². The highest BCUT2D eigenvalue weighted by atomic mass is 32.1. The zero-order valence-electron chi connectivity index (χ0n) is 11.3. The molecule has 1 nitrogen and oxygen atoms in total. The van der Waals surface area contributed by atoms with Crippen LogP contribution >= 0.6 is 11.3 Å². The Morgan fingerprint density at radius 2 is 1.88 bits per heavy atom. The van der Waals surface area contributed by atoms with Crippen molar-refractivity contribution >= 4 is 11.3 Å². The molecule has 1 N–H and O–H groups in total. The second kappa shape index (κ2) is 5.33. The maximum Gasteiger partial charge on any atom is 0.0115 e. The molecule has 0 saturated heterocycles. The molecule has 1 aromatic heterocycles. The third kappa shape index (κ3) is 4.67. The highest BCUT2D eigenvalue weighted by molar-refractivity contribution is 7.10. The first kappa shape index (κ1) is 13.7. The predicted molar refractivity (Wildman–Crippen MR) is 74.3 cm³/mol. The fourth-order valence-corrected chi connectivity index (χ4v) is 2.47. The van der Waals surface area contributed by atoms with Crippen molar-refractivity contribution in [1.29, 1.82) is 0 Å². The van der Waals surface area contributed by atoms with E-state index in [1.165, 1.54) is 11.3 Å². The first-order chi connectivity index (χ1) is 7.31. The Balaban J connectivity index is 2.32. The Hall–Kier alpha value is -0.340. The molecule has 1 heterocycles. The zero-order chi connectivity index (χ0) is 12.2. The minimum atomic E-state index is 0.256. The lowest BCUT2D eigenvalue weighted by Crippen LogP contribution is -2.33. The van der Waals surface area contributed by atoms with Crippen molar-refractivity contribution in [1.82, 2.24) is 5.32 Å². The van der Waals surface area contributed by atoms with E-state index in [-0.39, 0.29) is 5.41 Å². The summed E-state index contributed by atoms with van der Waals surface area (Å²) < 4.78 is 0. The lowest BCUT2D eigenvalue weighted by molar-refractivity contribution is 0.355. The van der Waals surface area contributed by atoms with Crippen molar-refractivity contribution in [3.05, 3.63) is 22.4 Å². The maximum atomic E-state index is 3.58. The van der Waals surface area contributed by atoms with E-state index in [0.717, 1.165) is 13.1 Å². The standard InChI is InChI=1S/C14H25NS/c1-13(2,3)8-9-15-11-14(4,5)12-7-6-10-16-12/h6-7,10,15H,8-9,11H2,1-5H3. The van der Waals surface area contributed by atoms with Gasteiger partial charge in [0.05, 0.1) is 0 Å². The summed E-state index contributed by atoms with van der Waals surface area (Å²) in [6.07, 6.45) is 1.23. The molecule has 0 bridgehead atoms. The molecule has 92 valence electrons. The Morgan fingerprint density at radius 1 is 1.19 bits per heavy atom. The van der Waals surface area contributed by atoms with Crippen LogP contribution in [0.5, 0.6) is 0 Å². The van der Waals surface area contributed by atoms with Crippen molar-refractivity contribution < 1.29 is 0 Å². The average molecular weight is 239 g/mol. The first-order valence-electron chi connectivity index (χ1n) is 6.06. The Labute approximate surface area is 104 Å². The molecule has 0 saturated carbocycles. The number of nitrogens with one attached hydrogen (secondary N) is 1. The molecule has 0 spiro atoms. The number of thiophene rings is 1. The van der Waals surface area contributed by atoms with Crippen molar-refractivity contribution in [2.45, 2.75) is 46.5 Å². The topological polar surface area (TPSA) is 12.0 Å². The van der Waals surface area contributed by atoms with E-state index in [2.05, 4.69) is 57.4 Å². The zero-order valence-corrected chi connectivity index (χ0v) is 12.1. The van der Waals surface area contributed by atoms with Gasteiger partial charge in [-0.1, -0.05) is 40.7 Å². The van der Waals surface area contributed by atoms with Gasteiger partial charge in [-0.3, -0.25) is 0 Å². The Bertz CT molecular complexity index is 293. The van der Waals surface area contributed by atoms with Crippen molar-refractivity contribution in [2.24, 2.45) is 5.41 Å². The summed E-state index contributed by atoms with van der Waals surface area (Å²) in [5.41, 5.74) is 0.687. The monoisotopic (exact) mass is 239 g/mol. The fraction of sp³-hybridized carbons (Fsp3) is 0.714. The molecular weight excluding hydrogens is 214 g/mol. The molecule has 0 fully saturated rings. The summed E-state index contributed by atoms with van der Waals surface area (Å²) in [5, 5.41) is 5.74. The van der Waals surface area contributed by atoms with Gasteiger partial charge < -0.3 is 5.32 Å². The van der Waals surface area contributed by atoms with Gasteiger partial charge in [0.25, 0.3) is 0 Å². The van der Waals surface area contributed by atoms with Crippen molar-refractivity contribution in [2.75, 3.05) is 13.1 Å². The van der Waals surface area contributed by atoms with Gasteiger partial charge in [0, 0.05) is 16.8 Å². The summed E-state index contributed by atoms with van der Waals surface area (Å²) in [7, 11) is 0. The van der Waals surface area contributed by atoms with Gasteiger partial charge in [0.15, 0.2) is 0 Å². The molecule has 0 atom stereocenters. The number of rotatable bonds is 5. The highest BCUT2D eigenvalue weighted by Gasteiger charge is 2.21. The SMILES string of the molecule is CC(C)(C)CCNCC(C)(C)c1cccs1. The molecule has 0 unspecified atom stereocenters. The minimum Gasteiger partial charge on any atom is -0.316 e. The van der Waals surface area contributed by atoms with Gasteiger partial charge in [-0.05, 0) is 29.8 Å². The van der Waals surface area contributed by atoms with Crippen LogP contribution in [0.25, 0.3) is 0 Å². The van der Waals surface area contributed by atoms with Crippen LogP contribution in [-0.4, -0.2) is 13.1 Å². The van der Waals surface area contributed by atoms with E-state index in [0.29, 0.717) is 5.41 Å². The maximum absolute atomic E-state index is 3.58. The molecule has 1 aromatic rings. The summed E-state index contributed by atoms with van der Waals surface area (Å²) in [6, 6.07) is 4.37. The van der Waals surface area contributed by atoms with Crippen LogP contribution < -0.4 is 5.32 Å². The van der Waals surface area contributed by atoms with Crippen LogP contribution in [-0.2, 0) is 5.41 Å². The van der Waals surface area contributed by atoms with Crippen LogP contribution in [0.1, 0.15) is 45.9 Å². The van der Waals surface area contributed by atoms with Crippen LogP contribution in [0.15, 0.2) is 17.5 Å². The van der Waals surface area contributed by atoms with Gasteiger partial charge in [-0.15, -0.1) is 11.3 Å². The van der Waals surface area contributed by atoms with E-state index >= 15 is 0 Å². The minimum absolute atomic E-state index is 0.256. The second-order valence-electron chi connectivity index (χ2n) is 6.35. The van der Waals surface area contributed by atoms with Crippen LogP contribution in [0.3, 0.4) is 0 Å². The fourth-order valence-electron chi connectivity index (χ4n) is 1.62. The van der Waals surface area contributed by atoms with E-state index in [9.17, 15) is 0 Å². The van der Waals surface area contributed by atoms with Crippen LogP contribution in [0, 0.1) is 5.41 Å². The smallest absolute Gasteiger partial charge is 0.0115 e. The molecule has 0 aromatic carbocycles. The van der Waals surface area contributed by atoms with E-state index in [4.69, 9.17) is 0 Å². The second-order valence-corrected chi connectivity index (χ2v) is 7.30. The summed E-state index contributed by atoms with van der Waals surface area (Å²) in [6.45, 7) is 13.7. The van der Waals surface area contributed by atoms with E-state index < -0.39 is 0 Å². The van der Waals surface area contributed by atoms with E-state index in [1.807, 2.05) is 11.3 Å². The van der Waals surface area contributed by atoms with E-state index in [1.54, 1.807) is 0 Å². The van der Waals surface area contributed by atoms with Gasteiger partial charge in [-0.2, -0.15) is 0 Å². The molecule has 16 heavy (non-hydrogen) atoms. The third-order valence-electron chi connectivity index (χ3n) is 2.81. The van der Waals surface area contributed by atoms with Gasteiger partial charge in [0.2, 0.25) is 0 Å². The summed E-state index contributed by atoms with van der Waals surface area (Å²) in [5.74, 6) is 0. The molecule has 0 aliphatic carbocycles. The lowest BCUT2D eigenvalue weighted by Gasteiger charge is -2.25. The predicted octanol–water partition coefficient (Wildman–Crippen LogP) is 4.05. The largest absolute Gasteiger partial charge is 0.316 e. The van der Waals surface area contributed by atoms with Crippen LogP contribution in [0.2, 0.25) is 0 Å². The number of hydrogen-bond acceptors (Lipinski definition) is 2. The summed E-state index contributed by atoms with van der Waals surface area (Å²) >= 11 is 1.85. The number of hydrogen-bond donors (Lipinski definition) is 1. The highest BCUT2D eigenvalue weighted by Crippen LogP contribution is 2.26. The van der Waals surface area contributed by atoms with Gasteiger partial charge in [0.1, 0.15) is 0 Å². The lowest BCUT2D eigenvalue weighted by atomic mass is 9.90. The quantitative estimate of drug-likeness (QED) is 0.764. The molecule has 1 rings (SSSR count). The van der Waals surface area contributed by atoms with Crippen molar-refractivity contribution in [3.8, 4) is 0 Å². The van der Waals surface area contributed by atoms with Crippen molar-refractivity contribution in [3.63, 3.8) is 0 Å². The Kier molecular flexibility index (Phi) is 4.57. The molecule has 0 radical (unpaired) electrons. The van der Waals surface area contributed by atoms with Gasteiger partial charge >= 0.3 is 0 Å². The molecular formula is C14H25NS.